The van der Waals surface area contributed by atoms with Crippen LogP contribution in [0.15, 0.2) is 53.2 Å². The molecule has 2 unspecified atom stereocenters. The zero-order valence-electron chi connectivity index (χ0n) is 20.8. The molecule has 1 N–H and O–H groups in total. The first kappa shape index (κ1) is 24.0. The van der Waals surface area contributed by atoms with Crippen molar-refractivity contribution in [3.05, 3.63) is 58.9 Å². The number of piperidine rings is 1. The van der Waals surface area contributed by atoms with Crippen LogP contribution in [0.1, 0.15) is 49.2 Å². The number of benzene rings is 1. The fourth-order valence-electron chi connectivity index (χ4n) is 5.13. The maximum atomic E-state index is 13.2. The van der Waals surface area contributed by atoms with Crippen molar-refractivity contribution in [2.75, 3.05) is 27.2 Å². The summed E-state index contributed by atoms with van der Waals surface area (Å²) >= 11 is 1.40. The molecule has 6 nitrogen and oxygen atoms in total. The first-order valence-corrected chi connectivity index (χ1v) is 13.0. The van der Waals surface area contributed by atoms with Gasteiger partial charge in [-0.25, -0.2) is 9.38 Å². The van der Waals surface area contributed by atoms with Crippen LogP contribution in [0.5, 0.6) is 0 Å². The summed E-state index contributed by atoms with van der Waals surface area (Å²) in [5.41, 5.74) is 0.889. The molecule has 1 aromatic carbocycles. The zero-order valence-corrected chi connectivity index (χ0v) is 21.6. The second-order valence-electron chi connectivity index (χ2n) is 10.4. The van der Waals surface area contributed by atoms with Crippen LogP contribution in [0.3, 0.4) is 0 Å². The molecule has 0 saturated carbocycles. The van der Waals surface area contributed by atoms with Crippen molar-refractivity contribution in [1.29, 1.82) is 0 Å². The normalized spacial score (nSPS) is 27.0. The van der Waals surface area contributed by atoms with Crippen LogP contribution < -0.4 is 5.32 Å². The number of carbonyl (C=O) groups excluding carboxylic acids is 1. The SMILES string of the molecule is CN1CCC(N(C)C2=NC3(C)CC(NC(=O)c4ccc(-c5ccc(F)cc5)s4)=CCC3(C)O2)CC1. The maximum absolute atomic E-state index is 13.2. The van der Waals surface area contributed by atoms with E-state index in [4.69, 9.17) is 9.73 Å². The Hall–Kier alpha value is -2.71. The van der Waals surface area contributed by atoms with E-state index < -0.39 is 11.1 Å². The van der Waals surface area contributed by atoms with Gasteiger partial charge in [0.15, 0.2) is 0 Å². The fourth-order valence-corrected chi connectivity index (χ4v) is 6.04. The lowest BCUT2D eigenvalue weighted by Crippen LogP contribution is -2.51. The summed E-state index contributed by atoms with van der Waals surface area (Å²) in [6.07, 6.45) is 5.56. The van der Waals surface area contributed by atoms with Crippen molar-refractivity contribution < 1.29 is 13.9 Å². The Bertz CT molecular complexity index is 1170. The molecule has 1 aliphatic carbocycles. The molecule has 2 aromatic rings. The lowest BCUT2D eigenvalue weighted by molar-refractivity contribution is 0.0149. The molecule has 0 bridgehead atoms. The smallest absolute Gasteiger partial charge is 0.288 e. The minimum atomic E-state index is -0.450. The van der Waals surface area contributed by atoms with Gasteiger partial charge in [-0.05, 0) is 76.7 Å². The average Bonchev–Trinajstić information content (AvgIpc) is 3.42. The van der Waals surface area contributed by atoms with Crippen molar-refractivity contribution in [3.8, 4) is 10.4 Å². The summed E-state index contributed by atoms with van der Waals surface area (Å²) < 4.78 is 19.7. The largest absolute Gasteiger partial charge is 0.456 e. The number of likely N-dealkylation sites (tertiary alicyclic amines) is 1. The van der Waals surface area contributed by atoms with Crippen molar-refractivity contribution in [2.45, 2.75) is 56.7 Å². The number of halogens is 1. The Morgan fingerprint density at radius 2 is 1.91 bits per heavy atom. The van der Waals surface area contributed by atoms with Crippen LogP contribution in [0, 0.1) is 5.82 Å². The molecule has 2 atom stereocenters. The van der Waals surface area contributed by atoms with Gasteiger partial charge in [0.1, 0.15) is 17.0 Å². The van der Waals surface area contributed by atoms with Gasteiger partial charge in [-0.3, -0.25) is 4.79 Å². The lowest BCUT2D eigenvalue weighted by atomic mass is 9.74. The average molecular weight is 497 g/mol. The van der Waals surface area contributed by atoms with Gasteiger partial charge in [0.05, 0.1) is 4.88 Å². The molecular formula is C27H33FN4O2S. The third-order valence-corrected chi connectivity index (χ3v) is 8.97. The molecule has 3 heterocycles. The van der Waals surface area contributed by atoms with E-state index in [1.807, 2.05) is 12.1 Å². The zero-order chi connectivity index (χ0) is 24.8. The molecule has 8 heteroatoms. The Kier molecular flexibility index (Phi) is 6.21. The van der Waals surface area contributed by atoms with Crippen LogP contribution in [-0.2, 0) is 4.74 Å². The number of rotatable bonds is 4. The minimum Gasteiger partial charge on any atom is -0.456 e. The molecule has 35 heavy (non-hydrogen) atoms. The Morgan fingerprint density at radius 3 is 2.63 bits per heavy atom. The van der Waals surface area contributed by atoms with E-state index in [2.05, 4.69) is 49.1 Å². The topological polar surface area (TPSA) is 57.2 Å². The number of aliphatic imine (C=N–C) groups is 1. The van der Waals surface area contributed by atoms with Gasteiger partial charge in [-0.2, -0.15) is 0 Å². The van der Waals surface area contributed by atoms with Gasteiger partial charge in [0.25, 0.3) is 11.9 Å². The predicted octanol–water partition coefficient (Wildman–Crippen LogP) is 4.89. The van der Waals surface area contributed by atoms with Crippen LogP contribution in [0.2, 0.25) is 0 Å². The monoisotopic (exact) mass is 496 g/mol. The van der Waals surface area contributed by atoms with Gasteiger partial charge in [0.2, 0.25) is 0 Å². The van der Waals surface area contributed by atoms with E-state index in [-0.39, 0.29) is 11.7 Å². The second kappa shape index (κ2) is 9.06. The van der Waals surface area contributed by atoms with Crippen LogP contribution in [0.4, 0.5) is 4.39 Å². The summed E-state index contributed by atoms with van der Waals surface area (Å²) in [4.78, 5) is 24.2. The number of nitrogens with one attached hydrogen (secondary N) is 1. The third-order valence-electron chi connectivity index (χ3n) is 7.84. The van der Waals surface area contributed by atoms with Crippen LogP contribution in [-0.4, -0.2) is 66.1 Å². The molecule has 5 rings (SSSR count). The molecule has 1 amide bonds. The number of thiophene rings is 1. The highest BCUT2D eigenvalue weighted by Gasteiger charge is 2.55. The molecule has 1 saturated heterocycles. The first-order valence-electron chi connectivity index (χ1n) is 12.2. The summed E-state index contributed by atoms with van der Waals surface area (Å²) in [5, 5.41) is 3.11. The van der Waals surface area contributed by atoms with Crippen LogP contribution >= 0.6 is 11.3 Å². The van der Waals surface area contributed by atoms with E-state index in [9.17, 15) is 9.18 Å². The number of amidine groups is 1. The van der Waals surface area contributed by atoms with E-state index in [0.29, 0.717) is 29.8 Å². The van der Waals surface area contributed by atoms with Gasteiger partial charge >= 0.3 is 0 Å². The molecule has 1 fully saturated rings. The minimum absolute atomic E-state index is 0.131. The highest BCUT2D eigenvalue weighted by molar-refractivity contribution is 7.17. The highest BCUT2D eigenvalue weighted by atomic mass is 32.1. The molecular weight excluding hydrogens is 463 g/mol. The maximum Gasteiger partial charge on any atom is 0.288 e. The lowest BCUT2D eigenvalue weighted by Gasteiger charge is -2.41. The Balaban J connectivity index is 1.26. The van der Waals surface area contributed by atoms with Gasteiger partial charge in [-0.1, -0.05) is 18.2 Å². The van der Waals surface area contributed by atoms with Crippen molar-refractivity contribution in [3.63, 3.8) is 0 Å². The summed E-state index contributed by atoms with van der Waals surface area (Å²) in [6.45, 7) is 6.41. The van der Waals surface area contributed by atoms with Gasteiger partial charge in [0, 0.05) is 36.5 Å². The fraction of sp³-hybridized carbons (Fsp3) is 0.481. The van der Waals surface area contributed by atoms with Crippen molar-refractivity contribution in [1.82, 2.24) is 15.1 Å². The molecule has 186 valence electrons. The quantitative estimate of drug-likeness (QED) is 0.655. The number of hydrogen-bond acceptors (Lipinski definition) is 6. The number of ether oxygens (including phenoxy) is 1. The van der Waals surface area contributed by atoms with E-state index in [0.717, 1.165) is 42.1 Å². The molecule has 0 spiro atoms. The number of carbonyl (C=O) groups is 1. The predicted molar refractivity (Wildman–Crippen MR) is 138 cm³/mol. The van der Waals surface area contributed by atoms with E-state index >= 15 is 0 Å². The van der Waals surface area contributed by atoms with Crippen LogP contribution in [0.25, 0.3) is 10.4 Å². The van der Waals surface area contributed by atoms with E-state index in [1.165, 1.54) is 23.5 Å². The summed E-state index contributed by atoms with van der Waals surface area (Å²) in [6, 6.07) is 11.2. The number of amides is 1. The Morgan fingerprint density at radius 1 is 1.20 bits per heavy atom. The van der Waals surface area contributed by atoms with Gasteiger partial charge < -0.3 is 19.9 Å². The Labute approximate surface area is 210 Å². The molecule has 3 aliphatic rings. The third kappa shape index (κ3) is 4.61. The van der Waals surface area contributed by atoms with Crippen molar-refractivity contribution in [2.24, 2.45) is 4.99 Å². The standard InChI is InChI=1S/C27H33FN4O2S/c1-26-17-20(29-24(33)23-10-9-22(35-23)18-5-7-19(28)8-6-18)11-14-27(26,2)34-25(30-26)32(4)21-12-15-31(3)16-13-21/h5-11,21H,12-17H2,1-4H3,(H,29,33). The summed E-state index contributed by atoms with van der Waals surface area (Å²) in [5.74, 6) is -0.402. The summed E-state index contributed by atoms with van der Waals surface area (Å²) in [7, 11) is 4.25. The second-order valence-corrected chi connectivity index (χ2v) is 11.5. The first-order chi connectivity index (χ1) is 16.7. The van der Waals surface area contributed by atoms with Gasteiger partial charge in [-0.15, -0.1) is 11.3 Å². The highest BCUT2D eigenvalue weighted by Crippen LogP contribution is 2.46. The van der Waals surface area contributed by atoms with Crippen molar-refractivity contribution >= 4 is 23.3 Å². The number of nitrogens with zero attached hydrogens (tertiary/aromatic N) is 3. The number of hydrogen-bond donors (Lipinski definition) is 1. The number of fused-ring (bicyclic) bond motifs is 1. The molecule has 1 aromatic heterocycles. The molecule has 2 aliphatic heterocycles. The molecule has 0 radical (unpaired) electrons. The van der Waals surface area contributed by atoms with E-state index in [1.54, 1.807) is 12.1 Å².